The van der Waals surface area contributed by atoms with Crippen LogP contribution in [0.1, 0.15) is 6.42 Å². The Morgan fingerprint density at radius 1 is 1.75 bits per heavy atom. The van der Waals surface area contributed by atoms with E-state index in [0.29, 0.717) is 0 Å². The van der Waals surface area contributed by atoms with Crippen LogP contribution in [0.15, 0.2) is 0 Å². The molecule has 0 saturated carbocycles. The summed E-state index contributed by atoms with van der Waals surface area (Å²) < 4.78 is 0. The van der Waals surface area contributed by atoms with Crippen molar-refractivity contribution in [3.8, 4) is 0 Å². The van der Waals surface area contributed by atoms with E-state index in [0.717, 1.165) is 0 Å². The Bertz CT molecular complexity index is 110. The summed E-state index contributed by atoms with van der Waals surface area (Å²) in [6.45, 7) is 0. The van der Waals surface area contributed by atoms with Gasteiger partial charge in [-0.3, -0.25) is 15.6 Å². The fraction of sp³-hybridized carbons (Fsp3) is 0.333. The Labute approximate surface area is 46.5 Å². The molecule has 0 rings (SSSR count). The van der Waals surface area contributed by atoms with Gasteiger partial charge in [0.05, 0.1) is 6.42 Å². The Morgan fingerprint density at radius 2 is 2.25 bits per heavy atom. The average molecular weight is 116 g/mol. The summed E-state index contributed by atoms with van der Waals surface area (Å²) >= 11 is 0. The van der Waals surface area contributed by atoms with Crippen molar-refractivity contribution in [3.05, 3.63) is 0 Å². The molecule has 1 amide bonds. The molecule has 8 heavy (non-hydrogen) atoms. The molecule has 0 saturated heterocycles. The lowest BCUT2D eigenvalue weighted by Gasteiger charge is -1.93. The van der Waals surface area contributed by atoms with E-state index in [1.807, 2.05) is 5.43 Å². The normalized spacial score (nSPS) is 8.12. The molecule has 0 radical (unpaired) electrons. The highest BCUT2D eigenvalue weighted by Gasteiger charge is 1.97. The number of rotatable bonds is 2. The van der Waals surface area contributed by atoms with Gasteiger partial charge in [-0.15, -0.1) is 0 Å². The Kier molecular flexibility index (Phi) is 2.57. The van der Waals surface area contributed by atoms with Gasteiger partial charge >= 0.3 is 0 Å². The zero-order valence-corrected chi connectivity index (χ0v) is 4.27. The number of amides is 1. The second kappa shape index (κ2) is 2.98. The SMILES string of the molecule is N=C(N)CC(=O)NN. The van der Waals surface area contributed by atoms with Crippen molar-refractivity contribution in [2.45, 2.75) is 6.42 Å². The van der Waals surface area contributed by atoms with Crippen LogP contribution in [0.5, 0.6) is 0 Å². The van der Waals surface area contributed by atoms with Crippen molar-refractivity contribution in [1.82, 2.24) is 5.43 Å². The van der Waals surface area contributed by atoms with Gasteiger partial charge in [0.15, 0.2) is 0 Å². The molecular formula is C3H8N4O. The molecule has 6 N–H and O–H groups in total. The maximum absolute atomic E-state index is 10.2. The topological polar surface area (TPSA) is 105 Å². The highest BCUT2D eigenvalue weighted by molar-refractivity contribution is 5.97. The van der Waals surface area contributed by atoms with Crippen molar-refractivity contribution in [2.24, 2.45) is 11.6 Å². The first-order chi connectivity index (χ1) is 3.66. The zero-order chi connectivity index (χ0) is 6.57. The molecule has 5 heteroatoms. The van der Waals surface area contributed by atoms with Gasteiger partial charge in [-0.2, -0.15) is 0 Å². The van der Waals surface area contributed by atoms with Crippen molar-refractivity contribution >= 4 is 11.7 Å². The fourth-order valence-corrected chi connectivity index (χ4v) is 0.224. The van der Waals surface area contributed by atoms with Gasteiger partial charge in [-0.25, -0.2) is 5.84 Å². The predicted octanol–water partition coefficient (Wildman–Crippen LogP) is -1.70. The van der Waals surface area contributed by atoms with Crippen molar-refractivity contribution in [2.75, 3.05) is 0 Å². The average Bonchev–Trinajstić information content (AvgIpc) is 1.65. The van der Waals surface area contributed by atoms with E-state index in [9.17, 15) is 4.79 Å². The summed E-state index contributed by atoms with van der Waals surface area (Å²) in [4.78, 5) is 10.2. The molecule has 0 fully saturated rings. The zero-order valence-electron chi connectivity index (χ0n) is 4.27. The van der Waals surface area contributed by atoms with E-state index in [2.05, 4.69) is 5.84 Å². The number of nitrogens with one attached hydrogen (secondary N) is 2. The van der Waals surface area contributed by atoms with Crippen LogP contribution in [0.25, 0.3) is 0 Å². The molecule has 0 heterocycles. The monoisotopic (exact) mass is 116 g/mol. The molecule has 0 aromatic rings. The number of nitrogens with two attached hydrogens (primary N) is 2. The van der Waals surface area contributed by atoms with Gasteiger partial charge in [0, 0.05) is 0 Å². The molecule has 0 atom stereocenters. The summed E-state index contributed by atoms with van der Waals surface area (Å²) in [5.74, 6) is 4.03. The number of hydrogen-bond acceptors (Lipinski definition) is 3. The first-order valence-electron chi connectivity index (χ1n) is 1.99. The van der Waals surface area contributed by atoms with Crippen LogP contribution in [0.2, 0.25) is 0 Å². The number of carbonyl (C=O) groups excluding carboxylic acids is 1. The molecule has 0 aromatic heterocycles. The molecule has 0 unspecified atom stereocenters. The van der Waals surface area contributed by atoms with Crippen LogP contribution in [-0.2, 0) is 4.79 Å². The maximum Gasteiger partial charge on any atom is 0.241 e. The third-order valence-corrected chi connectivity index (χ3v) is 0.512. The van der Waals surface area contributed by atoms with Crippen LogP contribution >= 0.6 is 0 Å². The summed E-state index contributed by atoms with van der Waals surface area (Å²) in [7, 11) is 0. The first kappa shape index (κ1) is 6.90. The van der Waals surface area contributed by atoms with Gasteiger partial charge in [-0.05, 0) is 0 Å². The largest absolute Gasteiger partial charge is 0.387 e. The molecule has 0 spiro atoms. The molecule has 5 nitrogen and oxygen atoms in total. The Balaban J connectivity index is 3.40. The number of hydrazine groups is 1. The highest BCUT2D eigenvalue weighted by atomic mass is 16.2. The van der Waals surface area contributed by atoms with Crippen molar-refractivity contribution < 1.29 is 4.79 Å². The van der Waals surface area contributed by atoms with Crippen LogP contribution in [0, 0.1) is 5.41 Å². The predicted molar refractivity (Wildman–Crippen MR) is 28.9 cm³/mol. The summed E-state index contributed by atoms with van der Waals surface area (Å²) in [5, 5.41) is 6.59. The smallest absolute Gasteiger partial charge is 0.241 e. The summed E-state index contributed by atoms with van der Waals surface area (Å²) in [6.07, 6.45) is -0.128. The van der Waals surface area contributed by atoms with Crippen molar-refractivity contribution in [3.63, 3.8) is 0 Å². The second-order valence-electron chi connectivity index (χ2n) is 1.27. The lowest BCUT2D eigenvalue weighted by Crippen LogP contribution is -2.33. The molecule has 46 valence electrons. The fourth-order valence-electron chi connectivity index (χ4n) is 0.224. The molecule has 0 aliphatic carbocycles. The molecule has 0 aromatic carbocycles. The Morgan fingerprint density at radius 3 is 2.38 bits per heavy atom. The third kappa shape index (κ3) is 3.10. The van der Waals surface area contributed by atoms with E-state index in [4.69, 9.17) is 11.1 Å². The maximum atomic E-state index is 10.2. The minimum absolute atomic E-state index is 0.128. The summed E-state index contributed by atoms with van der Waals surface area (Å²) in [5.41, 5.74) is 6.67. The van der Waals surface area contributed by atoms with Crippen LogP contribution in [0.3, 0.4) is 0 Å². The molecule has 0 aliphatic rings. The Hall–Kier alpha value is -1.10. The number of amidine groups is 1. The van der Waals surface area contributed by atoms with Crippen molar-refractivity contribution in [1.29, 1.82) is 5.41 Å². The minimum atomic E-state index is -0.447. The van der Waals surface area contributed by atoms with Gasteiger partial charge in [0.25, 0.3) is 0 Å². The number of carbonyl (C=O) groups is 1. The molecule has 0 aliphatic heterocycles. The van der Waals surface area contributed by atoms with Crippen LogP contribution in [0.4, 0.5) is 0 Å². The van der Waals surface area contributed by atoms with Crippen LogP contribution < -0.4 is 17.0 Å². The highest BCUT2D eigenvalue weighted by Crippen LogP contribution is 1.72. The quantitative estimate of drug-likeness (QED) is 0.114. The van der Waals surface area contributed by atoms with E-state index >= 15 is 0 Å². The lowest BCUT2D eigenvalue weighted by molar-refractivity contribution is -0.119. The van der Waals surface area contributed by atoms with Gasteiger partial charge in [0.1, 0.15) is 5.84 Å². The lowest BCUT2D eigenvalue weighted by atomic mass is 10.4. The van der Waals surface area contributed by atoms with Crippen LogP contribution in [-0.4, -0.2) is 11.7 Å². The molecular weight excluding hydrogens is 108 g/mol. The van der Waals surface area contributed by atoms with E-state index in [1.165, 1.54) is 0 Å². The third-order valence-electron chi connectivity index (χ3n) is 0.512. The standard InChI is InChI=1S/C3H8N4O/c4-2(5)1-3(8)7-6/h1,6H2,(H3,4,5)(H,7,8). The van der Waals surface area contributed by atoms with Gasteiger partial charge in [-0.1, -0.05) is 0 Å². The van der Waals surface area contributed by atoms with Gasteiger partial charge < -0.3 is 5.73 Å². The van der Waals surface area contributed by atoms with Gasteiger partial charge in [0.2, 0.25) is 5.91 Å². The minimum Gasteiger partial charge on any atom is -0.387 e. The summed E-state index contributed by atoms with van der Waals surface area (Å²) in [6, 6.07) is 0. The van der Waals surface area contributed by atoms with E-state index in [1.54, 1.807) is 0 Å². The molecule has 0 bridgehead atoms. The second-order valence-corrected chi connectivity index (χ2v) is 1.27. The van der Waals surface area contributed by atoms with E-state index < -0.39 is 5.91 Å². The number of hydrogen-bond donors (Lipinski definition) is 4. The van der Waals surface area contributed by atoms with E-state index in [-0.39, 0.29) is 12.3 Å². The first-order valence-corrected chi connectivity index (χ1v) is 1.99.